The highest BCUT2D eigenvalue weighted by atomic mass is 19.2. The highest BCUT2D eigenvalue weighted by Crippen LogP contribution is 2.58. The van der Waals surface area contributed by atoms with Crippen LogP contribution in [0.5, 0.6) is 0 Å². The van der Waals surface area contributed by atoms with Crippen LogP contribution in [-0.4, -0.2) is 5.97 Å². The summed E-state index contributed by atoms with van der Waals surface area (Å²) in [6.45, 7) is 5.70. The summed E-state index contributed by atoms with van der Waals surface area (Å²) in [5, 5.41) is 0. The van der Waals surface area contributed by atoms with Crippen molar-refractivity contribution in [2.45, 2.75) is 34.3 Å². The van der Waals surface area contributed by atoms with Gasteiger partial charge in [0.05, 0.1) is 11.5 Å². The van der Waals surface area contributed by atoms with Crippen LogP contribution in [0, 0.1) is 47.4 Å². The first-order valence-corrected chi connectivity index (χ1v) is 6.58. The average Bonchev–Trinajstić information content (AvgIpc) is 2.92. The zero-order chi connectivity index (χ0) is 16.1. The van der Waals surface area contributed by atoms with E-state index in [0.29, 0.717) is 0 Å². The molecule has 0 radical (unpaired) electrons. The third kappa shape index (κ3) is 2.40. The average molecular weight is 304 g/mol. The topological polar surface area (TPSA) is 26.3 Å². The predicted octanol–water partition coefficient (Wildman–Crippen LogP) is 3.89. The molecule has 6 heteroatoms. The number of hydrogen-bond donors (Lipinski definition) is 0. The van der Waals surface area contributed by atoms with Crippen molar-refractivity contribution in [3.63, 3.8) is 0 Å². The largest absolute Gasteiger partial charge is 0.460 e. The quantitative estimate of drug-likeness (QED) is 0.481. The van der Waals surface area contributed by atoms with Crippen molar-refractivity contribution >= 4 is 5.97 Å². The number of rotatable bonds is 3. The number of benzene rings is 1. The van der Waals surface area contributed by atoms with Crippen LogP contribution in [-0.2, 0) is 16.1 Å². The second-order valence-corrected chi connectivity index (χ2v) is 6.05. The molecule has 0 aromatic heterocycles. The Morgan fingerprint density at radius 3 is 1.90 bits per heavy atom. The Hall–Kier alpha value is -1.59. The first-order chi connectivity index (χ1) is 9.60. The Labute approximate surface area is 120 Å². The van der Waals surface area contributed by atoms with Crippen molar-refractivity contribution < 1.29 is 27.1 Å². The number of carbonyl (C=O) groups excluding carboxylic acids is 1. The van der Waals surface area contributed by atoms with Gasteiger partial charge in [-0.05, 0) is 18.3 Å². The number of halogens is 4. The van der Waals surface area contributed by atoms with Crippen molar-refractivity contribution in [3.8, 4) is 0 Å². The van der Waals surface area contributed by atoms with Crippen LogP contribution in [0.15, 0.2) is 0 Å². The molecule has 0 amide bonds. The Kier molecular flexibility index (Phi) is 3.76. The standard InChI is InChI=1S/C15H16F4O2/c1-6-10(16)12(18)8(13(19)11(6)17)5-21-14(20)9-7(2)15(9,3)4/h7,9H,5H2,1-4H3/t7-,9+/m1/s1. The molecule has 0 heterocycles. The molecule has 0 N–H and O–H groups in total. The maximum absolute atomic E-state index is 13.6. The van der Waals surface area contributed by atoms with Gasteiger partial charge in [0.1, 0.15) is 6.61 Å². The highest BCUT2D eigenvalue weighted by molar-refractivity contribution is 5.77. The first-order valence-electron chi connectivity index (χ1n) is 6.58. The van der Waals surface area contributed by atoms with Gasteiger partial charge < -0.3 is 4.74 Å². The lowest BCUT2D eigenvalue weighted by Gasteiger charge is -2.10. The molecule has 2 rings (SSSR count). The van der Waals surface area contributed by atoms with Crippen molar-refractivity contribution in [1.29, 1.82) is 0 Å². The van der Waals surface area contributed by atoms with Crippen LogP contribution in [0.2, 0.25) is 0 Å². The van der Waals surface area contributed by atoms with Crippen LogP contribution in [0.25, 0.3) is 0 Å². The lowest BCUT2D eigenvalue weighted by molar-refractivity contribution is -0.147. The molecule has 1 saturated carbocycles. The Bertz CT molecular complexity index is 581. The summed E-state index contributed by atoms with van der Waals surface area (Å²) in [5.74, 6) is -6.90. The molecule has 0 aliphatic heterocycles. The minimum absolute atomic E-state index is 0.0891. The number of esters is 1. The number of ether oxygens (including phenoxy) is 1. The molecule has 1 aromatic rings. The zero-order valence-corrected chi connectivity index (χ0v) is 12.2. The molecule has 1 aromatic carbocycles. The van der Waals surface area contributed by atoms with E-state index >= 15 is 0 Å². The smallest absolute Gasteiger partial charge is 0.310 e. The van der Waals surface area contributed by atoms with Crippen molar-refractivity contribution in [1.82, 2.24) is 0 Å². The fourth-order valence-electron chi connectivity index (χ4n) is 2.55. The Morgan fingerprint density at radius 2 is 1.52 bits per heavy atom. The van der Waals surface area contributed by atoms with Crippen molar-refractivity contribution in [3.05, 3.63) is 34.4 Å². The van der Waals surface area contributed by atoms with Crippen molar-refractivity contribution in [2.75, 3.05) is 0 Å². The molecule has 0 unspecified atom stereocenters. The van der Waals surface area contributed by atoms with Gasteiger partial charge >= 0.3 is 5.97 Å². The molecule has 1 fully saturated rings. The van der Waals surface area contributed by atoms with E-state index in [1.165, 1.54) is 0 Å². The number of hydrogen-bond acceptors (Lipinski definition) is 2. The van der Waals surface area contributed by atoms with E-state index in [-0.39, 0.29) is 17.3 Å². The summed E-state index contributed by atoms with van der Waals surface area (Å²) in [6.07, 6.45) is 0. The lowest BCUT2D eigenvalue weighted by Crippen LogP contribution is -2.14. The molecule has 0 spiro atoms. The normalized spacial score (nSPS) is 23.0. The minimum Gasteiger partial charge on any atom is -0.460 e. The molecule has 0 saturated heterocycles. The van der Waals surface area contributed by atoms with Gasteiger partial charge in [-0.3, -0.25) is 4.79 Å². The maximum Gasteiger partial charge on any atom is 0.310 e. The summed E-state index contributed by atoms with van der Waals surface area (Å²) in [6, 6.07) is 0. The third-order valence-corrected chi connectivity index (χ3v) is 4.55. The second-order valence-electron chi connectivity index (χ2n) is 6.05. The van der Waals surface area contributed by atoms with E-state index in [0.717, 1.165) is 6.92 Å². The van der Waals surface area contributed by atoms with Gasteiger partial charge in [0.2, 0.25) is 0 Å². The van der Waals surface area contributed by atoms with Crippen molar-refractivity contribution in [2.24, 2.45) is 17.3 Å². The Balaban J connectivity index is 2.17. The molecule has 1 aliphatic rings. The SMILES string of the molecule is Cc1c(F)c(F)c(COC(=O)[C@@H]2[C@@H](C)C2(C)C)c(F)c1F. The fraction of sp³-hybridized carbons (Fsp3) is 0.533. The molecular formula is C15H16F4O2. The maximum atomic E-state index is 13.6. The highest BCUT2D eigenvalue weighted by Gasteiger charge is 2.59. The minimum atomic E-state index is -1.53. The molecule has 116 valence electrons. The van der Waals surface area contributed by atoms with Crippen LogP contribution in [0.4, 0.5) is 17.6 Å². The molecule has 21 heavy (non-hydrogen) atoms. The lowest BCUT2D eigenvalue weighted by atomic mass is 10.1. The van der Waals surface area contributed by atoms with Gasteiger partial charge in [0, 0.05) is 5.56 Å². The molecule has 1 aliphatic carbocycles. The van der Waals surface area contributed by atoms with E-state index in [1.807, 2.05) is 20.8 Å². The van der Waals surface area contributed by atoms with Gasteiger partial charge in [-0.15, -0.1) is 0 Å². The first kappa shape index (κ1) is 15.8. The zero-order valence-electron chi connectivity index (χ0n) is 12.2. The predicted molar refractivity (Wildman–Crippen MR) is 67.2 cm³/mol. The van der Waals surface area contributed by atoms with E-state index in [2.05, 4.69) is 0 Å². The van der Waals surface area contributed by atoms with Gasteiger partial charge in [0.15, 0.2) is 23.3 Å². The third-order valence-electron chi connectivity index (χ3n) is 4.55. The Morgan fingerprint density at radius 1 is 1.10 bits per heavy atom. The van der Waals surface area contributed by atoms with E-state index in [1.54, 1.807) is 0 Å². The van der Waals surface area contributed by atoms with Crippen LogP contribution < -0.4 is 0 Å². The van der Waals surface area contributed by atoms with Gasteiger partial charge in [-0.2, -0.15) is 0 Å². The van der Waals surface area contributed by atoms with Crippen LogP contribution in [0.1, 0.15) is 31.9 Å². The molecular weight excluding hydrogens is 288 g/mol. The van der Waals surface area contributed by atoms with Gasteiger partial charge in [0.25, 0.3) is 0 Å². The number of carbonyl (C=O) groups is 1. The molecule has 2 nitrogen and oxygen atoms in total. The van der Waals surface area contributed by atoms with Gasteiger partial charge in [-0.25, -0.2) is 17.6 Å². The summed E-state index contributed by atoms with van der Waals surface area (Å²) in [5.41, 5.74) is -1.88. The molecule has 2 atom stereocenters. The summed E-state index contributed by atoms with van der Waals surface area (Å²) >= 11 is 0. The van der Waals surface area contributed by atoms with E-state index < -0.39 is 47.0 Å². The summed E-state index contributed by atoms with van der Waals surface area (Å²) < 4.78 is 58.9. The summed E-state index contributed by atoms with van der Waals surface area (Å²) in [4.78, 5) is 11.8. The molecule has 0 bridgehead atoms. The van der Waals surface area contributed by atoms with E-state index in [4.69, 9.17) is 4.74 Å². The van der Waals surface area contributed by atoms with Crippen LogP contribution >= 0.6 is 0 Å². The van der Waals surface area contributed by atoms with Gasteiger partial charge in [-0.1, -0.05) is 20.8 Å². The summed E-state index contributed by atoms with van der Waals surface area (Å²) in [7, 11) is 0. The second kappa shape index (κ2) is 5.00. The van der Waals surface area contributed by atoms with Crippen LogP contribution in [0.3, 0.4) is 0 Å². The van der Waals surface area contributed by atoms with E-state index in [9.17, 15) is 22.4 Å². The monoisotopic (exact) mass is 304 g/mol. The fourth-order valence-corrected chi connectivity index (χ4v) is 2.55.